The number of hydrogen-bond donors (Lipinski definition) is 0. The van der Waals surface area contributed by atoms with Gasteiger partial charge in [0, 0.05) is 36.6 Å². The van der Waals surface area contributed by atoms with Crippen LogP contribution in [0, 0.1) is 20.8 Å². The van der Waals surface area contributed by atoms with E-state index in [2.05, 4.69) is 208 Å². The van der Waals surface area contributed by atoms with Crippen molar-refractivity contribution in [1.29, 1.82) is 0 Å². The van der Waals surface area contributed by atoms with E-state index in [-0.39, 0.29) is 6.71 Å². The molecule has 2 aliphatic heterocycles. The molecule has 0 bridgehead atoms. The van der Waals surface area contributed by atoms with E-state index < -0.39 is 8.80 Å². The molecule has 1 nitrogen and oxygen atoms in total. The molecule has 2 aliphatic rings. The number of rotatable bonds is 7. The Kier molecular flexibility index (Phi) is 9.10. The maximum atomic E-state index is 2.59. The van der Waals surface area contributed by atoms with E-state index in [0.29, 0.717) is 0 Å². The Morgan fingerprint density at radius 1 is 0.464 bits per heavy atom. The van der Waals surface area contributed by atoms with Gasteiger partial charge in [0.15, 0.2) is 0 Å². The Morgan fingerprint density at radius 3 is 1.68 bits per heavy atom. The predicted molar refractivity (Wildman–Crippen MR) is 245 cm³/mol. The maximum absolute atomic E-state index is 2.59. The standard InChI is InChI=1S/C51H40BNS2Si/c1-34-26-28-43(36(3)30-34)53(38-32-47-51-48(33-38)55-46-24-14-12-22-42(46)52(51)41-21-11-13-23-45(41)54-47)44-29-27-35(2)31-50(44)56(39-18-8-5-9-19-39)49-25-15-10-20-40(49)37-16-6-4-7-17-37/h4-33,56H,1-3H3. The monoisotopic (exact) mass is 769 g/mol. The minimum atomic E-state index is -2.10. The second-order valence-corrected chi connectivity index (χ2v) is 20.0. The fourth-order valence-corrected chi connectivity index (χ4v) is 14.8. The molecule has 0 N–H and O–H groups in total. The molecular weight excluding hydrogens is 730 g/mol. The summed E-state index contributed by atoms with van der Waals surface area (Å²) in [7, 11) is -2.10. The molecule has 0 spiro atoms. The minimum absolute atomic E-state index is 0.220. The van der Waals surface area contributed by atoms with Gasteiger partial charge in [-0.1, -0.05) is 196 Å². The molecule has 5 heteroatoms. The molecule has 0 aromatic heterocycles. The third-order valence-electron chi connectivity index (χ3n) is 11.4. The van der Waals surface area contributed by atoms with Crippen molar-refractivity contribution in [1.82, 2.24) is 0 Å². The van der Waals surface area contributed by atoms with Gasteiger partial charge >= 0.3 is 0 Å². The normalized spacial score (nSPS) is 13.0. The van der Waals surface area contributed by atoms with Gasteiger partial charge in [-0.05, 0) is 89.7 Å². The quantitative estimate of drug-likeness (QED) is 0.118. The van der Waals surface area contributed by atoms with Crippen molar-refractivity contribution in [2.75, 3.05) is 4.90 Å². The Bertz CT molecular complexity index is 2700. The van der Waals surface area contributed by atoms with E-state index in [0.717, 1.165) is 0 Å². The van der Waals surface area contributed by atoms with Crippen molar-refractivity contribution in [3.63, 3.8) is 0 Å². The van der Waals surface area contributed by atoms with Gasteiger partial charge in [0.1, 0.15) is 8.80 Å². The molecule has 2 heterocycles. The highest BCUT2D eigenvalue weighted by Crippen LogP contribution is 2.44. The first-order valence-electron chi connectivity index (χ1n) is 19.4. The third kappa shape index (κ3) is 6.15. The lowest BCUT2D eigenvalue weighted by molar-refractivity contribution is 1.21. The summed E-state index contributed by atoms with van der Waals surface area (Å²) >= 11 is 3.86. The number of fused-ring (bicyclic) bond motifs is 4. The van der Waals surface area contributed by atoms with Gasteiger partial charge in [0.25, 0.3) is 0 Å². The predicted octanol–water partition coefficient (Wildman–Crippen LogP) is 9.44. The highest BCUT2D eigenvalue weighted by molar-refractivity contribution is 8.01. The highest BCUT2D eigenvalue weighted by atomic mass is 32.2. The number of benzene rings is 8. The van der Waals surface area contributed by atoms with E-state index in [1.165, 1.54) is 96.4 Å². The van der Waals surface area contributed by atoms with Crippen LogP contribution in [0.1, 0.15) is 16.7 Å². The highest BCUT2D eigenvalue weighted by Gasteiger charge is 2.39. The molecule has 56 heavy (non-hydrogen) atoms. The van der Waals surface area contributed by atoms with Gasteiger partial charge in [-0.2, -0.15) is 0 Å². The van der Waals surface area contributed by atoms with E-state index in [9.17, 15) is 0 Å². The van der Waals surface area contributed by atoms with Crippen LogP contribution in [0.15, 0.2) is 202 Å². The van der Waals surface area contributed by atoms with Crippen LogP contribution >= 0.6 is 23.5 Å². The van der Waals surface area contributed by atoms with Crippen molar-refractivity contribution in [3.05, 3.63) is 199 Å². The summed E-state index contributed by atoms with van der Waals surface area (Å²) in [5, 5.41) is 4.26. The fraction of sp³-hybridized carbons (Fsp3) is 0.0588. The lowest BCUT2D eigenvalue weighted by Gasteiger charge is -2.36. The van der Waals surface area contributed by atoms with Crippen LogP contribution in [0.5, 0.6) is 0 Å². The van der Waals surface area contributed by atoms with Crippen molar-refractivity contribution >= 4 is 88.0 Å². The van der Waals surface area contributed by atoms with Gasteiger partial charge < -0.3 is 4.90 Å². The molecule has 0 aliphatic carbocycles. The topological polar surface area (TPSA) is 3.24 Å². The molecule has 10 rings (SSSR count). The first-order valence-corrected chi connectivity index (χ1v) is 22.8. The first-order chi connectivity index (χ1) is 27.5. The lowest BCUT2D eigenvalue weighted by atomic mass is 9.36. The van der Waals surface area contributed by atoms with E-state index >= 15 is 0 Å². The lowest BCUT2D eigenvalue weighted by Crippen LogP contribution is -2.58. The van der Waals surface area contributed by atoms with Crippen LogP contribution in [0.2, 0.25) is 0 Å². The fourth-order valence-electron chi connectivity index (χ4n) is 8.88. The molecule has 1 unspecified atom stereocenters. The van der Waals surface area contributed by atoms with Crippen LogP contribution in [-0.2, 0) is 0 Å². The average Bonchev–Trinajstić information content (AvgIpc) is 3.23. The number of anilines is 3. The molecule has 268 valence electrons. The molecule has 8 aromatic rings. The van der Waals surface area contributed by atoms with Crippen molar-refractivity contribution in [2.45, 2.75) is 40.4 Å². The number of aryl methyl sites for hydroxylation is 3. The van der Waals surface area contributed by atoms with Gasteiger partial charge in [0.2, 0.25) is 6.71 Å². The minimum Gasteiger partial charge on any atom is -0.310 e. The van der Waals surface area contributed by atoms with Gasteiger partial charge in [-0.25, -0.2) is 0 Å². The van der Waals surface area contributed by atoms with Gasteiger partial charge in [-0.3, -0.25) is 0 Å². The number of hydrogen-bond acceptors (Lipinski definition) is 3. The summed E-state index contributed by atoms with van der Waals surface area (Å²) in [5.41, 5.74) is 14.3. The van der Waals surface area contributed by atoms with Crippen molar-refractivity contribution < 1.29 is 0 Å². The molecule has 0 saturated carbocycles. The van der Waals surface area contributed by atoms with Crippen LogP contribution in [0.3, 0.4) is 0 Å². The van der Waals surface area contributed by atoms with Gasteiger partial charge in [0.05, 0.1) is 0 Å². The summed E-state index contributed by atoms with van der Waals surface area (Å²) in [6.07, 6.45) is 0. The first kappa shape index (κ1) is 35.0. The van der Waals surface area contributed by atoms with E-state index in [1.54, 1.807) is 0 Å². The van der Waals surface area contributed by atoms with E-state index in [1.807, 2.05) is 23.5 Å². The Morgan fingerprint density at radius 2 is 1.02 bits per heavy atom. The number of nitrogens with zero attached hydrogens (tertiary/aromatic N) is 1. The van der Waals surface area contributed by atoms with Crippen LogP contribution in [0.25, 0.3) is 11.1 Å². The Balaban J connectivity index is 1.24. The average molecular weight is 770 g/mol. The van der Waals surface area contributed by atoms with Crippen molar-refractivity contribution in [3.8, 4) is 11.1 Å². The van der Waals surface area contributed by atoms with Crippen LogP contribution in [0.4, 0.5) is 17.1 Å². The molecule has 0 radical (unpaired) electrons. The zero-order valence-electron chi connectivity index (χ0n) is 31.7. The van der Waals surface area contributed by atoms with Gasteiger partial charge in [-0.15, -0.1) is 0 Å². The molecule has 8 aromatic carbocycles. The molecular formula is C51H40BNS2Si. The van der Waals surface area contributed by atoms with Crippen molar-refractivity contribution in [2.24, 2.45) is 0 Å². The van der Waals surface area contributed by atoms with Crippen LogP contribution in [-0.4, -0.2) is 15.5 Å². The summed E-state index contributed by atoms with van der Waals surface area (Å²) in [4.78, 5) is 7.97. The summed E-state index contributed by atoms with van der Waals surface area (Å²) in [6, 6.07) is 68.6. The maximum Gasteiger partial charge on any atom is 0.247 e. The smallest absolute Gasteiger partial charge is 0.247 e. The summed E-state index contributed by atoms with van der Waals surface area (Å²) in [6.45, 7) is 6.94. The third-order valence-corrected chi connectivity index (χ3v) is 16.9. The molecule has 0 amide bonds. The summed E-state index contributed by atoms with van der Waals surface area (Å²) in [5.74, 6) is 0. The molecule has 1 atom stereocenters. The van der Waals surface area contributed by atoms with E-state index in [4.69, 9.17) is 0 Å². The summed E-state index contributed by atoms with van der Waals surface area (Å²) < 4.78 is 0. The molecule has 0 fully saturated rings. The largest absolute Gasteiger partial charge is 0.310 e. The van der Waals surface area contributed by atoms with Crippen LogP contribution < -0.4 is 36.8 Å². The SMILES string of the molecule is Cc1ccc(N(c2cc3c4c(c2)Sc2ccccc2B4c2ccccc2S3)c2ccc(C)cc2[SiH](c2ccccc2)c2ccccc2-c2ccccc2)c(C)c1. The zero-order chi connectivity index (χ0) is 37.8. The zero-order valence-corrected chi connectivity index (χ0v) is 34.5. The second-order valence-electron chi connectivity index (χ2n) is 15.1. The Hall–Kier alpha value is -5.46. The second kappa shape index (κ2) is 14.6. The Labute approximate surface area is 341 Å². The molecule has 0 saturated heterocycles.